The zero-order valence-electron chi connectivity index (χ0n) is 18.5. The summed E-state index contributed by atoms with van der Waals surface area (Å²) in [6.07, 6.45) is 6.00. The molecule has 1 saturated carbocycles. The molecule has 2 N–H and O–H groups in total. The van der Waals surface area contributed by atoms with Crippen LogP contribution in [0, 0.1) is 17.2 Å². The number of carboxylic acid groups (broad SMARTS) is 1. The van der Waals surface area contributed by atoms with Crippen molar-refractivity contribution in [3.8, 4) is 28.7 Å². The van der Waals surface area contributed by atoms with Gasteiger partial charge in [-0.25, -0.2) is 4.98 Å². The van der Waals surface area contributed by atoms with Crippen molar-refractivity contribution in [1.82, 2.24) is 15.0 Å². The molecular weight excluding hydrogens is 448 g/mol. The molecule has 2 aromatic carbocycles. The van der Waals surface area contributed by atoms with Gasteiger partial charge in [-0.2, -0.15) is 5.26 Å². The number of halogens is 1. The molecule has 7 heteroatoms. The van der Waals surface area contributed by atoms with E-state index >= 15 is 0 Å². The van der Waals surface area contributed by atoms with Crippen molar-refractivity contribution in [2.45, 2.75) is 38.0 Å². The van der Waals surface area contributed by atoms with Gasteiger partial charge in [0.25, 0.3) is 0 Å². The lowest BCUT2D eigenvalue weighted by molar-refractivity contribution is -0.138. The van der Waals surface area contributed by atoms with E-state index in [4.69, 9.17) is 22.0 Å². The average molecular weight is 471 g/mol. The summed E-state index contributed by atoms with van der Waals surface area (Å²) in [7, 11) is 0. The van der Waals surface area contributed by atoms with Gasteiger partial charge in [-0.1, -0.05) is 35.9 Å². The van der Waals surface area contributed by atoms with Gasteiger partial charge in [0.15, 0.2) is 0 Å². The van der Waals surface area contributed by atoms with Crippen molar-refractivity contribution in [3.05, 3.63) is 70.9 Å². The molecule has 4 aromatic rings. The number of nitrogens with zero attached hydrogens (tertiary/aromatic N) is 3. The Hall–Kier alpha value is -3.69. The molecule has 1 fully saturated rings. The molecular formula is C27H23ClN4O2. The van der Waals surface area contributed by atoms with E-state index in [2.05, 4.69) is 45.3 Å². The summed E-state index contributed by atoms with van der Waals surface area (Å²) >= 11 is 6.61. The molecule has 0 unspecified atom stereocenters. The molecule has 1 aliphatic carbocycles. The molecule has 34 heavy (non-hydrogen) atoms. The van der Waals surface area contributed by atoms with Crippen LogP contribution in [0.1, 0.15) is 49.1 Å². The standard InChI is InChI=1S/C27H23ClN4O2/c28-22-13-24(30-15-21(22)27-31-23-10-3-17(14-29)11-25(23)32-27)20-8-6-19(7-9-20)18-4-1-16(2-5-18)12-26(33)34/h3,6-11,13,15-16,18H,1-2,4-5,12H2,(H,31,32)(H,33,34). The summed E-state index contributed by atoms with van der Waals surface area (Å²) in [6, 6.07) is 17.7. The van der Waals surface area contributed by atoms with Gasteiger partial charge in [0.05, 0.1) is 38.9 Å². The first-order chi connectivity index (χ1) is 16.5. The minimum absolute atomic E-state index is 0.281. The number of nitriles is 1. The molecule has 0 bridgehead atoms. The third-order valence-electron chi connectivity index (χ3n) is 6.71. The lowest BCUT2D eigenvalue weighted by atomic mass is 9.77. The number of carboxylic acids is 1. The third-order valence-corrected chi connectivity index (χ3v) is 7.02. The van der Waals surface area contributed by atoms with Crippen molar-refractivity contribution >= 4 is 28.6 Å². The van der Waals surface area contributed by atoms with Crippen LogP contribution in [-0.4, -0.2) is 26.0 Å². The van der Waals surface area contributed by atoms with E-state index in [-0.39, 0.29) is 6.42 Å². The van der Waals surface area contributed by atoms with Crippen molar-refractivity contribution in [2.75, 3.05) is 0 Å². The topological polar surface area (TPSA) is 103 Å². The fourth-order valence-electron chi connectivity index (χ4n) is 4.84. The smallest absolute Gasteiger partial charge is 0.303 e. The monoisotopic (exact) mass is 470 g/mol. The van der Waals surface area contributed by atoms with Crippen LogP contribution in [0.4, 0.5) is 0 Å². The fraction of sp³-hybridized carbons (Fsp3) is 0.259. The number of aromatic amines is 1. The van der Waals surface area contributed by atoms with Crippen molar-refractivity contribution in [2.24, 2.45) is 5.92 Å². The number of aromatic nitrogens is 3. The first-order valence-corrected chi connectivity index (χ1v) is 11.8. The Morgan fingerprint density at radius 2 is 1.88 bits per heavy atom. The van der Waals surface area contributed by atoms with Gasteiger partial charge in [-0.3, -0.25) is 9.78 Å². The van der Waals surface area contributed by atoms with Crippen molar-refractivity contribution < 1.29 is 9.90 Å². The van der Waals surface area contributed by atoms with Crippen LogP contribution in [0.15, 0.2) is 54.7 Å². The Kier molecular flexibility index (Phi) is 6.04. The number of aliphatic carboxylic acids is 1. The number of H-pyrrole nitrogens is 1. The zero-order valence-corrected chi connectivity index (χ0v) is 19.2. The molecule has 170 valence electrons. The average Bonchev–Trinajstić information content (AvgIpc) is 3.27. The van der Waals surface area contributed by atoms with E-state index in [1.54, 1.807) is 18.3 Å². The molecule has 0 spiro atoms. The minimum Gasteiger partial charge on any atom is -0.481 e. The lowest BCUT2D eigenvalue weighted by Crippen LogP contribution is -2.16. The first-order valence-electron chi connectivity index (χ1n) is 11.4. The number of benzene rings is 2. The quantitative estimate of drug-likeness (QED) is 0.343. The fourth-order valence-corrected chi connectivity index (χ4v) is 5.08. The number of hydrogen-bond acceptors (Lipinski definition) is 4. The first kappa shape index (κ1) is 22.1. The van der Waals surface area contributed by atoms with Crippen LogP contribution >= 0.6 is 11.6 Å². The number of fused-ring (bicyclic) bond motifs is 1. The second-order valence-electron chi connectivity index (χ2n) is 8.92. The van der Waals surface area contributed by atoms with Crippen LogP contribution in [0.5, 0.6) is 0 Å². The largest absolute Gasteiger partial charge is 0.481 e. The van der Waals surface area contributed by atoms with Crippen LogP contribution < -0.4 is 0 Å². The maximum atomic E-state index is 11.0. The molecule has 0 atom stereocenters. The number of pyridine rings is 1. The molecule has 2 aromatic heterocycles. The molecule has 0 radical (unpaired) electrons. The maximum Gasteiger partial charge on any atom is 0.303 e. The highest BCUT2D eigenvalue weighted by atomic mass is 35.5. The normalized spacial score (nSPS) is 18.0. The van der Waals surface area contributed by atoms with Crippen LogP contribution in [-0.2, 0) is 4.79 Å². The Labute approximate surface area is 202 Å². The maximum absolute atomic E-state index is 11.0. The molecule has 0 saturated heterocycles. The van der Waals surface area contributed by atoms with Crippen molar-refractivity contribution in [1.29, 1.82) is 5.26 Å². The predicted molar refractivity (Wildman–Crippen MR) is 131 cm³/mol. The number of rotatable bonds is 5. The van der Waals surface area contributed by atoms with Gasteiger partial charge < -0.3 is 10.1 Å². The number of hydrogen-bond donors (Lipinski definition) is 2. The Morgan fingerprint density at radius 1 is 1.12 bits per heavy atom. The molecule has 0 amide bonds. The van der Waals surface area contributed by atoms with Gasteiger partial charge in [-0.15, -0.1) is 0 Å². The minimum atomic E-state index is -0.696. The van der Waals surface area contributed by atoms with Gasteiger partial charge in [-0.05, 0) is 67.3 Å². The number of carbonyl (C=O) groups is 1. The zero-order chi connectivity index (χ0) is 23.7. The summed E-state index contributed by atoms with van der Waals surface area (Å²) in [5.74, 6) is 0.701. The van der Waals surface area contributed by atoms with Crippen LogP contribution in [0.2, 0.25) is 5.02 Å². The van der Waals surface area contributed by atoms with Crippen LogP contribution in [0.25, 0.3) is 33.7 Å². The summed E-state index contributed by atoms with van der Waals surface area (Å²) in [6.45, 7) is 0. The molecule has 1 aliphatic rings. The van der Waals surface area contributed by atoms with Gasteiger partial charge in [0, 0.05) is 18.2 Å². The second-order valence-corrected chi connectivity index (χ2v) is 9.32. The number of imidazole rings is 1. The molecule has 5 rings (SSSR count). The number of nitrogens with one attached hydrogen (secondary N) is 1. The summed E-state index contributed by atoms with van der Waals surface area (Å²) < 4.78 is 0. The summed E-state index contributed by atoms with van der Waals surface area (Å²) in [5.41, 5.74) is 5.88. The Bertz CT molecular complexity index is 1400. The molecule has 0 aliphatic heterocycles. The predicted octanol–water partition coefficient (Wildman–Crippen LogP) is 6.57. The third kappa shape index (κ3) is 4.52. The van der Waals surface area contributed by atoms with E-state index in [0.717, 1.165) is 48.0 Å². The molecule has 6 nitrogen and oxygen atoms in total. The van der Waals surface area contributed by atoms with E-state index in [0.29, 0.717) is 33.8 Å². The highest BCUT2D eigenvalue weighted by molar-refractivity contribution is 6.33. The van der Waals surface area contributed by atoms with E-state index in [1.807, 2.05) is 12.1 Å². The lowest BCUT2D eigenvalue weighted by Gasteiger charge is -2.28. The second kappa shape index (κ2) is 9.28. The molecule has 2 heterocycles. The van der Waals surface area contributed by atoms with Crippen LogP contribution in [0.3, 0.4) is 0 Å². The summed E-state index contributed by atoms with van der Waals surface area (Å²) in [4.78, 5) is 23.4. The van der Waals surface area contributed by atoms with E-state index < -0.39 is 5.97 Å². The Morgan fingerprint density at radius 3 is 2.56 bits per heavy atom. The summed E-state index contributed by atoms with van der Waals surface area (Å²) in [5, 5.41) is 18.7. The van der Waals surface area contributed by atoms with E-state index in [9.17, 15) is 4.79 Å². The SMILES string of the molecule is N#Cc1ccc2nc(-c3cnc(-c4ccc(C5CCC(CC(=O)O)CC5)cc4)cc3Cl)[nH]c2c1. The van der Waals surface area contributed by atoms with Gasteiger partial charge in [0.1, 0.15) is 5.82 Å². The highest BCUT2D eigenvalue weighted by Gasteiger charge is 2.24. The van der Waals surface area contributed by atoms with Gasteiger partial charge >= 0.3 is 5.97 Å². The highest BCUT2D eigenvalue weighted by Crippen LogP contribution is 2.38. The van der Waals surface area contributed by atoms with E-state index in [1.165, 1.54) is 5.56 Å². The van der Waals surface area contributed by atoms with Gasteiger partial charge in [0.2, 0.25) is 0 Å². The Balaban J connectivity index is 1.32. The van der Waals surface area contributed by atoms with Crippen molar-refractivity contribution in [3.63, 3.8) is 0 Å².